The summed E-state index contributed by atoms with van der Waals surface area (Å²) in [5.74, 6) is -0.972. The molecule has 0 aliphatic heterocycles. The van der Waals surface area contributed by atoms with Crippen LogP contribution in [0.1, 0.15) is 10.4 Å². The number of carboxylic acid groups (broad SMARTS) is 1. The van der Waals surface area contributed by atoms with Crippen LogP contribution in [0.15, 0.2) is 12.1 Å². The van der Waals surface area contributed by atoms with Crippen molar-refractivity contribution in [3.8, 4) is 11.5 Å². The fourth-order valence-electron chi connectivity index (χ4n) is 1.50. The third-order valence-corrected chi connectivity index (χ3v) is 2.42. The summed E-state index contributed by atoms with van der Waals surface area (Å²) in [6.07, 6.45) is -2.71. The van der Waals surface area contributed by atoms with E-state index in [2.05, 4.69) is 5.32 Å². The summed E-state index contributed by atoms with van der Waals surface area (Å²) >= 11 is 0. The number of methoxy groups -OCH3 is 2. The number of halogens is 2. The monoisotopic (exact) mass is 304 g/mol. The SMILES string of the molecule is COc1cc(NC(=O)NCC(F)F)c(C(=O)O)cc1OC. The smallest absolute Gasteiger partial charge is 0.337 e. The van der Waals surface area contributed by atoms with Gasteiger partial charge in [0.1, 0.15) is 0 Å². The minimum absolute atomic E-state index is 0.105. The molecular weight excluding hydrogens is 290 g/mol. The van der Waals surface area contributed by atoms with Gasteiger partial charge in [0.25, 0.3) is 6.43 Å². The van der Waals surface area contributed by atoms with Crippen molar-refractivity contribution in [2.45, 2.75) is 6.43 Å². The number of rotatable bonds is 6. The molecular formula is C12H14F2N2O5. The van der Waals surface area contributed by atoms with Gasteiger partial charge < -0.3 is 25.2 Å². The number of ether oxygens (including phenoxy) is 2. The van der Waals surface area contributed by atoms with Crippen LogP contribution in [0.2, 0.25) is 0 Å². The highest BCUT2D eigenvalue weighted by Gasteiger charge is 2.18. The maximum absolute atomic E-state index is 12.0. The number of carboxylic acids is 1. The van der Waals surface area contributed by atoms with E-state index in [4.69, 9.17) is 14.6 Å². The minimum atomic E-state index is -2.71. The van der Waals surface area contributed by atoms with Crippen LogP contribution in [0, 0.1) is 0 Å². The van der Waals surface area contributed by atoms with Crippen LogP contribution in [-0.4, -0.2) is 44.3 Å². The van der Waals surface area contributed by atoms with Crippen LogP contribution >= 0.6 is 0 Å². The Morgan fingerprint density at radius 3 is 2.29 bits per heavy atom. The lowest BCUT2D eigenvalue weighted by molar-refractivity contribution is 0.0697. The normalized spacial score (nSPS) is 10.1. The molecule has 0 aliphatic carbocycles. The van der Waals surface area contributed by atoms with Gasteiger partial charge >= 0.3 is 12.0 Å². The number of nitrogens with one attached hydrogen (secondary N) is 2. The molecule has 1 aromatic carbocycles. The van der Waals surface area contributed by atoms with Crippen molar-refractivity contribution in [1.29, 1.82) is 0 Å². The summed E-state index contributed by atoms with van der Waals surface area (Å²) in [5, 5.41) is 13.2. The van der Waals surface area contributed by atoms with Gasteiger partial charge in [0.05, 0.1) is 32.0 Å². The minimum Gasteiger partial charge on any atom is -0.493 e. The van der Waals surface area contributed by atoms with Gasteiger partial charge in [0.2, 0.25) is 0 Å². The van der Waals surface area contributed by atoms with E-state index in [1.165, 1.54) is 20.3 Å². The summed E-state index contributed by atoms with van der Waals surface area (Å²) in [6.45, 7) is -0.846. The molecule has 0 heterocycles. The molecule has 9 heteroatoms. The molecule has 21 heavy (non-hydrogen) atoms. The van der Waals surface area contributed by atoms with Gasteiger partial charge in [-0.05, 0) is 0 Å². The summed E-state index contributed by atoms with van der Waals surface area (Å²) in [6, 6.07) is 1.43. The topological polar surface area (TPSA) is 96.9 Å². The van der Waals surface area contributed by atoms with Gasteiger partial charge in [-0.2, -0.15) is 0 Å². The number of hydrogen-bond donors (Lipinski definition) is 3. The molecule has 0 saturated carbocycles. The Bertz CT molecular complexity index is 537. The molecule has 7 nitrogen and oxygen atoms in total. The fourth-order valence-corrected chi connectivity index (χ4v) is 1.50. The van der Waals surface area contributed by atoms with Crippen LogP contribution in [0.5, 0.6) is 11.5 Å². The first-order valence-electron chi connectivity index (χ1n) is 5.71. The van der Waals surface area contributed by atoms with E-state index in [1.54, 1.807) is 0 Å². The standard InChI is InChI=1S/C12H14F2N2O5/c1-20-8-3-6(11(17)18)7(4-9(8)21-2)16-12(19)15-5-10(13)14/h3-4,10H,5H2,1-2H3,(H,17,18)(H2,15,16,19). The molecule has 1 rings (SSSR count). The van der Waals surface area contributed by atoms with E-state index in [0.29, 0.717) is 0 Å². The predicted molar refractivity (Wildman–Crippen MR) is 69.5 cm³/mol. The first-order chi connectivity index (χ1) is 9.88. The molecule has 0 unspecified atom stereocenters. The third kappa shape index (κ3) is 4.48. The Labute approximate surface area is 118 Å². The Balaban J connectivity index is 3.04. The largest absolute Gasteiger partial charge is 0.493 e. The molecule has 0 spiro atoms. The number of aromatic carboxylic acids is 1. The van der Waals surface area contributed by atoms with Gasteiger partial charge in [-0.15, -0.1) is 0 Å². The highest BCUT2D eigenvalue weighted by molar-refractivity contribution is 6.01. The molecule has 0 atom stereocenters. The number of amides is 2. The first kappa shape index (κ1) is 16.5. The summed E-state index contributed by atoms with van der Waals surface area (Å²) in [5.41, 5.74) is -0.369. The number of carbonyl (C=O) groups is 2. The lowest BCUT2D eigenvalue weighted by Crippen LogP contribution is -2.33. The molecule has 1 aromatic rings. The molecule has 0 saturated heterocycles. The number of anilines is 1. The predicted octanol–water partition coefficient (Wildman–Crippen LogP) is 1.79. The van der Waals surface area contributed by atoms with Crippen molar-refractivity contribution in [2.24, 2.45) is 0 Å². The van der Waals surface area contributed by atoms with Crippen LogP contribution in [0.25, 0.3) is 0 Å². The lowest BCUT2D eigenvalue weighted by Gasteiger charge is -2.14. The van der Waals surface area contributed by atoms with Gasteiger partial charge in [-0.1, -0.05) is 0 Å². The first-order valence-corrected chi connectivity index (χ1v) is 5.71. The quantitative estimate of drug-likeness (QED) is 0.744. The van der Waals surface area contributed by atoms with E-state index in [0.717, 1.165) is 6.07 Å². The second kappa shape index (κ2) is 7.27. The van der Waals surface area contributed by atoms with E-state index in [1.807, 2.05) is 5.32 Å². The number of hydrogen-bond acceptors (Lipinski definition) is 4. The summed E-state index contributed by atoms with van der Waals surface area (Å²) in [7, 11) is 2.66. The van der Waals surface area contributed by atoms with Crippen molar-refractivity contribution in [3.63, 3.8) is 0 Å². The number of benzene rings is 1. The van der Waals surface area contributed by atoms with Gasteiger partial charge in [0.15, 0.2) is 11.5 Å². The van der Waals surface area contributed by atoms with Crippen molar-refractivity contribution >= 4 is 17.7 Å². The zero-order valence-electron chi connectivity index (χ0n) is 11.3. The van der Waals surface area contributed by atoms with E-state index in [-0.39, 0.29) is 22.7 Å². The van der Waals surface area contributed by atoms with Crippen molar-refractivity contribution in [3.05, 3.63) is 17.7 Å². The van der Waals surface area contributed by atoms with Gasteiger partial charge in [-0.3, -0.25) is 0 Å². The fraction of sp³-hybridized carbons (Fsp3) is 0.333. The molecule has 116 valence electrons. The maximum atomic E-state index is 12.0. The zero-order chi connectivity index (χ0) is 16.0. The average Bonchev–Trinajstić information content (AvgIpc) is 2.44. The van der Waals surface area contributed by atoms with E-state index in [9.17, 15) is 18.4 Å². The average molecular weight is 304 g/mol. The van der Waals surface area contributed by atoms with Crippen molar-refractivity contribution < 1.29 is 33.0 Å². The molecule has 0 radical (unpaired) electrons. The Kier molecular flexibility index (Phi) is 5.70. The highest BCUT2D eigenvalue weighted by Crippen LogP contribution is 2.33. The molecule has 0 aliphatic rings. The Morgan fingerprint density at radius 2 is 1.81 bits per heavy atom. The third-order valence-electron chi connectivity index (χ3n) is 2.42. The molecule has 0 aromatic heterocycles. The van der Waals surface area contributed by atoms with Gasteiger partial charge in [-0.25, -0.2) is 18.4 Å². The number of carbonyl (C=O) groups excluding carboxylic acids is 1. The zero-order valence-corrected chi connectivity index (χ0v) is 11.3. The second-order valence-corrected chi connectivity index (χ2v) is 3.78. The van der Waals surface area contributed by atoms with Crippen molar-refractivity contribution in [1.82, 2.24) is 5.32 Å². The van der Waals surface area contributed by atoms with Crippen LogP contribution in [0.3, 0.4) is 0 Å². The Morgan fingerprint density at radius 1 is 1.24 bits per heavy atom. The molecule has 0 bridgehead atoms. The van der Waals surface area contributed by atoms with E-state index < -0.39 is 25.0 Å². The Hall–Kier alpha value is -2.58. The highest BCUT2D eigenvalue weighted by atomic mass is 19.3. The summed E-state index contributed by atoms with van der Waals surface area (Å²) < 4.78 is 33.9. The summed E-state index contributed by atoms with van der Waals surface area (Å²) in [4.78, 5) is 22.6. The molecule has 3 N–H and O–H groups in total. The van der Waals surface area contributed by atoms with Crippen molar-refractivity contribution in [2.75, 3.05) is 26.1 Å². The lowest BCUT2D eigenvalue weighted by atomic mass is 10.1. The molecule has 0 fully saturated rings. The number of urea groups is 1. The van der Waals surface area contributed by atoms with Crippen LogP contribution in [-0.2, 0) is 0 Å². The maximum Gasteiger partial charge on any atom is 0.337 e. The molecule has 2 amide bonds. The number of alkyl halides is 2. The van der Waals surface area contributed by atoms with Crippen LogP contribution in [0.4, 0.5) is 19.3 Å². The second-order valence-electron chi connectivity index (χ2n) is 3.78. The van der Waals surface area contributed by atoms with Crippen LogP contribution < -0.4 is 20.1 Å². The van der Waals surface area contributed by atoms with E-state index >= 15 is 0 Å². The van der Waals surface area contributed by atoms with Gasteiger partial charge in [0, 0.05) is 12.1 Å².